The maximum Gasteiger partial charge on any atom is 0.165 e. The predicted molar refractivity (Wildman–Crippen MR) is 76.3 cm³/mol. The molecule has 1 aromatic rings. The molecule has 0 saturated carbocycles. The zero-order valence-electron chi connectivity index (χ0n) is 11.2. The molecule has 1 aliphatic carbocycles. The number of carbonyl (C=O) groups is 1. The molecule has 3 rings (SSSR count). The number of ketones is 1. The second kappa shape index (κ2) is 4.44. The number of hydrogen-bond donors (Lipinski definition) is 0. The monoisotopic (exact) mass is 263 g/mol. The third kappa shape index (κ3) is 2.25. The molecule has 0 bridgehead atoms. The molecule has 2 heterocycles. The summed E-state index contributed by atoms with van der Waals surface area (Å²) in [4.78, 5) is 12.1. The van der Waals surface area contributed by atoms with Gasteiger partial charge in [0.05, 0.1) is 0 Å². The molecule has 0 N–H and O–H groups in total. The Morgan fingerprint density at radius 1 is 1.44 bits per heavy atom. The summed E-state index contributed by atoms with van der Waals surface area (Å²) in [6.07, 6.45) is 5.20. The van der Waals surface area contributed by atoms with Gasteiger partial charge in [-0.2, -0.15) is 11.8 Å². The number of rotatable bonds is 2. The summed E-state index contributed by atoms with van der Waals surface area (Å²) in [5, 5.41) is 0. The zero-order chi connectivity index (χ0) is 12.8. The Bertz CT molecular complexity index is 469. The second-order valence-corrected chi connectivity index (χ2v) is 7.65. The van der Waals surface area contributed by atoms with E-state index < -0.39 is 0 Å². The Kier molecular flexibility index (Phi) is 3.05. The maximum atomic E-state index is 12.1. The van der Waals surface area contributed by atoms with Gasteiger partial charge in [0.25, 0.3) is 0 Å². The van der Waals surface area contributed by atoms with Crippen molar-refractivity contribution < 1.29 is 4.79 Å². The number of thioether (sulfide) groups is 1. The number of nitrogens with zero attached hydrogens (tertiary/aromatic N) is 1. The van der Waals surface area contributed by atoms with Gasteiger partial charge in [0.2, 0.25) is 0 Å². The molecular weight excluding hydrogens is 242 g/mol. The van der Waals surface area contributed by atoms with Gasteiger partial charge in [0.1, 0.15) is 0 Å². The van der Waals surface area contributed by atoms with E-state index in [0.717, 1.165) is 24.4 Å². The summed E-state index contributed by atoms with van der Waals surface area (Å²) in [5.74, 6) is 3.72. The lowest BCUT2D eigenvalue weighted by Crippen LogP contribution is -2.28. The molecule has 98 valence electrons. The molecule has 0 radical (unpaired) electrons. The molecule has 3 heteroatoms. The number of carbonyl (C=O) groups excluding carboxylic acids is 1. The lowest BCUT2D eigenvalue weighted by Gasteiger charge is -2.30. The Labute approximate surface area is 113 Å². The van der Waals surface area contributed by atoms with Gasteiger partial charge >= 0.3 is 0 Å². The molecule has 1 atom stereocenters. The first-order chi connectivity index (χ1) is 8.55. The fraction of sp³-hybridized carbons (Fsp3) is 0.667. The van der Waals surface area contributed by atoms with Crippen LogP contribution in [0.4, 0.5) is 0 Å². The van der Waals surface area contributed by atoms with Crippen LogP contribution >= 0.6 is 11.8 Å². The van der Waals surface area contributed by atoms with E-state index in [4.69, 9.17) is 0 Å². The number of Topliss-reactive ketones (excluding diaryl/α,β-unsaturated/α-hetero) is 1. The zero-order valence-corrected chi connectivity index (χ0v) is 12.1. The average Bonchev–Trinajstić information content (AvgIpc) is 2.88. The SMILES string of the molecule is CC1(C)CC(=O)c2ccn(CC3CCSC3)c2C1. The lowest BCUT2D eigenvalue weighted by atomic mass is 9.76. The summed E-state index contributed by atoms with van der Waals surface area (Å²) in [5.41, 5.74) is 2.40. The van der Waals surface area contributed by atoms with Crippen molar-refractivity contribution in [3.05, 3.63) is 23.5 Å². The largest absolute Gasteiger partial charge is 0.350 e. The first-order valence-corrected chi connectivity index (χ1v) is 8.00. The van der Waals surface area contributed by atoms with Crippen LogP contribution in [0.15, 0.2) is 12.3 Å². The van der Waals surface area contributed by atoms with Crippen molar-refractivity contribution in [1.29, 1.82) is 0 Å². The van der Waals surface area contributed by atoms with Gasteiger partial charge in [-0.05, 0) is 41.7 Å². The van der Waals surface area contributed by atoms with Crippen molar-refractivity contribution in [3.63, 3.8) is 0 Å². The summed E-state index contributed by atoms with van der Waals surface area (Å²) in [6, 6.07) is 2.04. The minimum Gasteiger partial charge on any atom is -0.350 e. The van der Waals surface area contributed by atoms with E-state index >= 15 is 0 Å². The Balaban J connectivity index is 1.87. The highest BCUT2D eigenvalue weighted by Crippen LogP contribution is 2.36. The van der Waals surface area contributed by atoms with E-state index in [2.05, 4.69) is 36.4 Å². The van der Waals surface area contributed by atoms with E-state index in [9.17, 15) is 4.79 Å². The van der Waals surface area contributed by atoms with Crippen molar-refractivity contribution in [2.75, 3.05) is 11.5 Å². The normalized spacial score (nSPS) is 26.3. The van der Waals surface area contributed by atoms with Crippen LogP contribution in [-0.2, 0) is 13.0 Å². The molecule has 2 aliphatic rings. The highest BCUT2D eigenvalue weighted by molar-refractivity contribution is 7.99. The third-order valence-corrected chi connectivity index (χ3v) is 5.37. The van der Waals surface area contributed by atoms with Gasteiger partial charge in [-0.3, -0.25) is 4.79 Å². The van der Waals surface area contributed by atoms with Crippen molar-refractivity contribution in [1.82, 2.24) is 4.57 Å². The molecule has 1 fully saturated rings. The van der Waals surface area contributed by atoms with Crippen LogP contribution in [0.2, 0.25) is 0 Å². The van der Waals surface area contributed by atoms with Gasteiger partial charge in [0, 0.05) is 30.4 Å². The van der Waals surface area contributed by atoms with Crippen LogP contribution in [0.1, 0.15) is 42.7 Å². The number of fused-ring (bicyclic) bond motifs is 1. The van der Waals surface area contributed by atoms with E-state index in [1.807, 2.05) is 6.07 Å². The predicted octanol–water partition coefficient (Wildman–Crippen LogP) is 3.40. The molecule has 1 aromatic heterocycles. The van der Waals surface area contributed by atoms with Gasteiger partial charge in [0.15, 0.2) is 5.78 Å². The summed E-state index contributed by atoms with van der Waals surface area (Å²) >= 11 is 2.06. The lowest BCUT2D eigenvalue weighted by molar-refractivity contribution is 0.0909. The second-order valence-electron chi connectivity index (χ2n) is 6.50. The number of aromatic nitrogens is 1. The standard InChI is InChI=1S/C15H21NOS/c1-15(2)7-13-12(14(17)8-15)3-5-16(13)9-11-4-6-18-10-11/h3,5,11H,4,6-10H2,1-2H3. The van der Waals surface area contributed by atoms with E-state index in [1.165, 1.54) is 23.6 Å². The topological polar surface area (TPSA) is 22.0 Å². The quantitative estimate of drug-likeness (QED) is 0.816. The van der Waals surface area contributed by atoms with Crippen LogP contribution in [-0.4, -0.2) is 21.9 Å². The highest BCUT2D eigenvalue weighted by atomic mass is 32.2. The van der Waals surface area contributed by atoms with Crippen molar-refractivity contribution in [2.45, 2.75) is 39.7 Å². The summed E-state index contributed by atoms with van der Waals surface area (Å²) in [7, 11) is 0. The molecule has 1 saturated heterocycles. The number of hydrogen-bond acceptors (Lipinski definition) is 2. The molecule has 0 aromatic carbocycles. The Morgan fingerprint density at radius 3 is 3.00 bits per heavy atom. The summed E-state index contributed by atoms with van der Waals surface area (Å²) in [6.45, 7) is 5.51. The van der Waals surface area contributed by atoms with Gasteiger partial charge < -0.3 is 4.57 Å². The maximum absolute atomic E-state index is 12.1. The van der Waals surface area contributed by atoms with E-state index in [1.54, 1.807) is 0 Å². The fourth-order valence-electron chi connectivity index (χ4n) is 3.18. The molecular formula is C15H21NOS. The minimum absolute atomic E-state index is 0.130. The van der Waals surface area contributed by atoms with Crippen LogP contribution < -0.4 is 0 Å². The minimum atomic E-state index is 0.130. The van der Waals surface area contributed by atoms with E-state index in [-0.39, 0.29) is 5.41 Å². The van der Waals surface area contributed by atoms with Crippen LogP contribution in [0.25, 0.3) is 0 Å². The molecule has 1 aliphatic heterocycles. The molecule has 0 spiro atoms. The average molecular weight is 263 g/mol. The third-order valence-electron chi connectivity index (χ3n) is 4.14. The fourth-order valence-corrected chi connectivity index (χ4v) is 4.45. The molecule has 1 unspecified atom stereocenters. The summed E-state index contributed by atoms with van der Waals surface area (Å²) < 4.78 is 2.35. The van der Waals surface area contributed by atoms with Crippen LogP contribution in [0.5, 0.6) is 0 Å². The van der Waals surface area contributed by atoms with Crippen molar-refractivity contribution >= 4 is 17.5 Å². The Morgan fingerprint density at radius 2 is 2.28 bits per heavy atom. The van der Waals surface area contributed by atoms with Gasteiger partial charge in [-0.25, -0.2) is 0 Å². The van der Waals surface area contributed by atoms with Gasteiger partial charge in [-0.15, -0.1) is 0 Å². The first kappa shape index (κ1) is 12.3. The highest BCUT2D eigenvalue weighted by Gasteiger charge is 2.33. The van der Waals surface area contributed by atoms with Crippen molar-refractivity contribution in [2.24, 2.45) is 11.3 Å². The molecule has 0 amide bonds. The smallest absolute Gasteiger partial charge is 0.165 e. The first-order valence-electron chi connectivity index (χ1n) is 6.84. The Hall–Kier alpha value is -0.700. The molecule has 18 heavy (non-hydrogen) atoms. The van der Waals surface area contributed by atoms with Gasteiger partial charge in [-0.1, -0.05) is 13.8 Å². The van der Waals surface area contributed by atoms with E-state index in [0.29, 0.717) is 12.2 Å². The van der Waals surface area contributed by atoms with Crippen LogP contribution in [0, 0.1) is 11.3 Å². The van der Waals surface area contributed by atoms with Crippen LogP contribution in [0.3, 0.4) is 0 Å². The molecule has 2 nitrogen and oxygen atoms in total. The van der Waals surface area contributed by atoms with Crippen molar-refractivity contribution in [3.8, 4) is 0 Å².